The minimum absolute atomic E-state index is 0.0353. The second-order valence-electron chi connectivity index (χ2n) is 7.87. The fourth-order valence-electron chi connectivity index (χ4n) is 3.77. The first kappa shape index (κ1) is 22.2. The molecule has 1 saturated heterocycles. The Morgan fingerprint density at radius 1 is 0.938 bits per heavy atom. The van der Waals surface area contributed by atoms with Gasteiger partial charge in [-0.05, 0) is 35.4 Å². The number of thiophene rings is 1. The molecule has 1 aliphatic rings. The van der Waals surface area contributed by atoms with Crippen LogP contribution >= 0.6 is 11.3 Å². The standard InChI is InChI=1S/C25H26FN3O2S/c26-21-8-4-7-20(16-21)23-10-9-22(32-23)18-28-11-13-29(14-12-28)25(31)17-27-24(30)15-19-5-2-1-3-6-19/h1-10,16H,11-15,17-18H2,(H,27,30). The summed E-state index contributed by atoms with van der Waals surface area (Å²) < 4.78 is 13.5. The molecule has 7 heteroatoms. The van der Waals surface area contributed by atoms with E-state index in [1.165, 1.54) is 10.9 Å². The maximum absolute atomic E-state index is 13.5. The lowest BCUT2D eigenvalue weighted by Crippen LogP contribution is -2.50. The number of hydrogen-bond acceptors (Lipinski definition) is 4. The van der Waals surface area contributed by atoms with Crippen LogP contribution in [0.4, 0.5) is 4.39 Å². The quantitative estimate of drug-likeness (QED) is 0.598. The number of benzene rings is 2. The molecule has 0 bridgehead atoms. The van der Waals surface area contributed by atoms with Crippen molar-refractivity contribution in [2.24, 2.45) is 0 Å². The van der Waals surface area contributed by atoms with E-state index in [9.17, 15) is 14.0 Å². The Labute approximate surface area is 191 Å². The maximum atomic E-state index is 13.5. The van der Waals surface area contributed by atoms with Crippen LogP contribution in [0.5, 0.6) is 0 Å². The second kappa shape index (κ2) is 10.5. The molecule has 1 fully saturated rings. The Hall–Kier alpha value is -3.03. The van der Waals surface area contributed by atoms with Crippen molar-refractivity contribution in [1.82, 2.24) is 15.1 Å². The number of piperazine rings is 1. The van der Waals surface area contributed by atoms with E-state index in [2.05, 4.69) is 16.3 Å². The third-order valence-corrected chi connectivity index (χ3v) is 6.64. The van der Waals surface area contributed by atoms with E-state index in [1.54, 1.807) is 23.5 Å². The zero-order chi connectivity index (χ0) is 22.3. The topological polar surface area (TPSA) is 52.7 Å². The lowest BCUT2D eigenvalue weighted by molar-refractivity contribution is -0.134. The summed E-state index contributed by atoms with van der Waals surface area (Å²) in [5.74, 6) is -0.417. The number of amides is 2. The van der Waals surface area contributed by atoms with Gasteiger partial charge in [0.05, 0.1) is 13.0 Å². The van der Waals surface area contributed by atoms with E-state index < -0.39 is 0 Å². The highest BCUT2D eigenvalue weighted by Gasteiger charge is 2.22. The smallest absolute Gasteiger partial charge is 0.242 e. The Morgan fingerprint density at radius 3 is 2.47 bits per heavy atom. The summed E-state index contributed by atoms with van der Waals surface area (Å²) in [4.78, 5) is 30.9. The minimum Gasteiger partial charge on any atom is -0.347 e. The van der Waals surface area contributed by atoms with Gasteiger partial charge in [-0.25, -0.2) is 4.39 Å². The van der Waals surface area contributed by atoms with Crippen LogP contribution in [0.1, 0.15) is 10.4 Å². The zero-order valence-electron chi connectivity index (χ0n) is 17.8. The summed E-state index contributed by atoms with van der Waals surface area (Å²) in [6, 6.07) is 20.3. The Balaban J connectivity index is 1.20. The van der Waals surface area contributed by atoms with Gasteiger partial charge in [0.15, 0.2) is 0 Å². The average Bonchev–Trinajstić information content (AvgIpc) is 3.27. The molecule has 2 amide bonds. The van der Waals surface area contributed by atoms with Crippen LogP contribution in [0.3, 0.4) is 0 Å². The highest BCUT2D eigenvalue weighted by molar-refractivity contribution is 7.15. The molecular formula is C25H26FN3O2S. The molecule has 2 heterocycles. The zero-order valence-corrected chi connectivity index (χ0v) is 18.6. The van der Waals surface area contributed by atoms with E-state index in [0.29, 0.717) is 13.1 Å². The predicted octanol–water partition coefficient (Wildman–Crippen LogP) is 3.56. The molecule has 32 heavy (non-hydrogen) atoms. The first-order valence-electron chi connectivity index (χ1n) is 10.7. The van der Waals surface area contributed by atoms with E-state index >= 15 is 0 Å². The number of carbonyl (C=O) groups is 2. The Morgan fingerprint density at radius 2 is 1.72 bits per heavy atom. The molecule has 2 aromatic carbocycles. The van der Waals surface area contributed by atoms with Gasteiger partial charge >= 0.3 is 0 Å². The lowest BCUT2D eigenvalue weighted by Gasteiger charge is -2.34. The molecule has 3 aromatic rings. The molecule has 4 rings (SSSR count). The molecule has 1 aliphatic heterocycles. The van der Waals surface area contributed by atoms with Gasteiger partial charge in [-0.3, -0.25) is 14.5 Å². The van der Waals surface area contributed by atoms with Gasteiger partial charge in [0.1, 0.15) is 5.82 Å². The summed E-state index contributed by atoms with van der Waals surface area (Å²) in [6.07, 6.45) is 0.278. The van der Waals surface area contributed by atoms with Crippen LogP contribution < -0.4 is 5.32 Å². The lowest BCUT2D eigenvalue weighted by atomic mass is 10.1. The van der Waals surface area contributed by atoms with Crippen molar-refractivity contribution in [1.29, 1.82) is 0 Å². The minimum atomic E-state index is -0.227. The normalized spacial score (nSPS) is 14.3. The number of nitrogens with one attached hydrogen (secondary N) is 1. The summed E-state index contributed by atoms with van der Waals surface area (Å²) in [5, 5.41) is 2.73. The SMILES string of the molecule is O=C(Cc1ccccc1)NCC(=O)N1CCN(Cc2ccc(-c3cccc(F)c3)s2)CC1. The maximum Gasteiger partial charge on any atom is 0.242 e. The van der Waals surface area contributed by atoms with E-state index in [0.717, 1.165) is 35.6 Å². The first-order valence-corrected chi connectivity index (χ1v) is 11.5. The van der Waals surface area contributed by atoms with Crippen LogP contribution in [0.15, 0.2) is 66.7 Å². The van der Waals surface area contributed by atoms with Crippen molar-refractivity contribution in [2.45, 2.75) is 13.0 Å². The van der Waals surface area contributed by atoms with E-state index in [-0.39, 0.29) is 30.6 Å². The molecule has 0 aliphatic carbocycles. The summed E-state index contributed by atoms with van der Waals surface area (Å²) in [6.45, 7) is 3.72. The monoisotopic (exact) mass is 451 g/mol. The number of rotatable bonds is 7. The Kier molecular flexibility index (Phi) is 7.29. The van der Waals surface area contributed by atoms with Crippen LogP contribution in [-0.4, -0.2) is 54.3 Å². The fraction of sp³-hybridized carbons (Fsp3) is 0.280. The average molecular weight is 452 g/mol. The first-order chi connectivity index (χ1) is 15.6. The van der Waals surface area contributed by atoms with Gasteiger partial charge in [-0.1, -0.05) is 42.5 Å². The van der Waals surface area contributed by atoms with Gasteiger partial charge in [-0.15, -0.1) is 11.3 Å². The number of hydrogen-bond donors (Lipinski definition) is 1. The predicted molar refractivity (Wildman–Crippen MR) is 125 cm³/mol. The fourth-order valence-corrected chi connectivity index (χ4v) is 4.81. The van der Waals surface area contributed by atoms with Gasteiger partial charge < -0.3 is 10.2 Å². The van der Waals surface area contributed by atoms with Gasteiger partial charge in [0.2, 0.25) is 11.8 Å². The highest BCUT2D eigenvalue weighted by atomic mass is 32.1. The van der Waals surface area contributed by atoms with E-state index in [1.807, 2.05) is 47.4 Å². The highest BCUT2D eigenvalue weighted by Crippen LogP contribution is 2.29. The van der Waals surface area contributed by atoms with Crippen molar-refractivity contribution >= 4 is 23.2 Å². The van der Waals surface area contributed by atoms with Crippen molar-refractivity contribution in [2.75, 3.05) is 32.7 Å². The van der Waals surface area contributed by atoms with Crippen LogP contribution in [0.2, 0.25) is 0 Å². The molecule has 1 aromatic heterocycles. The molecule has 0 atom stereocenters. The molecule has 0 saturated carbocycles. The Bertz CT molecular complexity index is 1060. The molecule has 0 radical (unpaired) electrons. The number of halogens is 1. The van der Waals surface area contributed by atoms with Crippen molar-refractivity contribution in [3.63, 3.8) is 0 Å². The molecule has 0 unspecified atom stereocenters. The van der Waals surface area contributed by atoms with Crippen LogP contribution in [0, 0.1) is 5.82 Å². The van der Waals surface area contributed by atoms with Crippen LogP contribution in [-0.2, 0) is 22.6 Å². The number of nitrogens with zero attached hydrogens (tertiary/aromatic N) is 2. The summed E-state index contributed by atoms with van der Waals surface area (Å²) >= 11 is 1.67. The summed E-state index contributed by atoms with van der Waals surface area (Å²) in [5.41, 5.74) is 1.83. The molecular weight excluding hydrogens is 425 g/mol. The van der Waals surface area contributed by atoms with Crippen molar-refractivity contribution < 1.29 is 14.0 Å². The number of carbonyl (C=O) groups excluding carboxylic acids is 2. The summed E-state index contributed by atoms with van der Waals surface area (Å²) in [7, 11) is 0. The van der Waals surface area contributed by atoms with Gasteiger partial charge in [-0.2, -0.15) is 0 Å². The van der Waals surface area contributed by atoms with E-state index in [4.69, 9.17) is 0 Å². The molecule has 5 nitrogen and oxygen atoms in total. The molecule has 0 spiro atoms. The van der Waals surface area contributed by atoms with Crippen molar-refractivity contribution in [3.8, 4) is 10.4 Å². The third kappa shape index (κ3) is 6.02. The van der Waals surface area contributed by atoms with Gasteiger partial charge in [0, 0.05) is 42.5 Å². The second-order valence-corrected chi connectivity index (χ2v) is 9.04. The third-order valence-electron chi connectivity index (χ3n) is 5.52. The largest absolute Gasteiger partial charge is 0.347 e. The molecule has 1 N–H and O–H groups in total. The molecule has 166 valence electrons. The van der Waals surface area contributed by atoms with Crippen LogP contribution in [0.25, 0.3) is 10.4 Å². The van der Waals surface area contributed by atoms with Crippen molar-refractivity contribution in [3.05, 3.63) is 83.0 Å². The van der Waals surface area contributed by atoms with Gasteiger partial charge in [0.25, 0.3) is 0 Å².